The van der Waals surface area contributed by atoms with Crippen molar-refractivity contribution in [3.63, 3.8) is 0 Å². The Bertz CT molecular complexity index is 363. The van der Waals surface area contributed by atoms with Crippen LogP contribution in [0.2, 0.25) is 0 Å². The van der Waals surface area contributed by atoms with Crippen LogP contribution in [0, 0.1) is 0 Å². The molecule has 0 amide bonds. The fraction of sp³-hybridized carbons (Fsp3) is 0.938. The van der Waals surface area contributed by atoms with Crippen LogP contribution in [0.15, 0.2) is 0 Å². The Hall–Kier alpha value is -0.650. The second kappa shape index (κ2) is 7.07. The highest BCUT2D eigenvalue weighted by Gasteiger charge is 2.37. The number of likely N-dealkylation sites (N-methyl/N-ethyl adjacent to an activating group) is 1. The van der Waals surface area contributed by atoms with Crippen molar-refractivity contribution >= 4 is 5.97 Å². The van der Waals surface area contributed by atoms with E-state index in [0.29, 0.717) is 6.04 Å². The van der Waals surface area contributed by atoms with Gasteiger partial charge in [0.05, 0.1) is 7.11 Å². The number of nitrogens with one attached hydrogen (secondary N) is 1. The van der Waals surface area contributed by atoms with E-state index in [1.165, 1.54) is 33.0 Å². The number of fused-ring (bicyclic) bond motifs is 1. The van der Waals surface area contributed by atoms with Crippen LogP contribution < -0.4 is 5.32 Å². The van der Waals surface area contributed by atoms with E-state index in [2.05, 4.69) is 22.0 Å². The molecular formula is C16H31N3O2. The van der Waals surface area contributed by atoms with Gasteiger partial charge in [-0.1, -0.05) is 6.92 Å². The predicted octanol–water partition coefficient (Wildman–Crippen LogP) is 1.09. The molecule has 0 radical (unpaired) electrons. The maximum absolute atomic E-state index is 12.0. The smallest absolute Gasteiger partial charge is 0.325 e. The molecule has 0 spiro atoms. The Balaban J connectivity index is 1.92. The molecule has 0 saturated carbocycles. The van der Waals surface area contributed by atoms with E-state index in [1.54, 1.807) is 0 Å². The number of carbonyl (C=O) groups is 1. The van der Waals surface area contributed by atoms with Gasteiger partial charge < -0.3 is 10.1 Å². The van der Waals surface area contributed by atoms with Crippen LogP contribution in [0.1, 0.15) is 40.0 Å². The zero-order valence-corrected chi connectivity index (χ0v) is 14.0. The number of carbonyl (C=O) groups excluding carboxylic acids is 1. The van der Waals surface area contributed by atoms with Crippen molar-refractivity contribution in [2.24, 2.45) is 0 Å². The van der Waals surface area contributed by atoms with Crippen LogP contribution in [0.5, 0.6) is 0 Å². The fourth-order valence-corrected chi connectivity index (χ4v) is 3.80. The first kappa shape index (κ1) is 16.7. The minimum atomic E-state index is -0.573. The van der Waals surface area contributed by atoms with E-state index in [9.17, 15) is 4.79 Å². The quantitative estimate of drug-likeness (QED) is 0.744. The van der Waals surface area contributed by atoms with Crippen LogP contribution in [-0.2, 0) is 9.53 Å². The number of hydrogen-bond donors (Lipinski definition) is 1. The van der Waals surface area contributed by atoms with Crippen molar-refractivity contribution in [1.29, 1.82) is 0 Å². The Labute approximate surface area is 129 Å². The van der Waals surface area contributed by atoms with Gasteiger partial charge in [0, 0.05) is 31.7 Å². The van der Waals surface area contributed by atoms with E-state index in [0.717, 1.165) is 32.1 Å². The zero-order chi connectivity index (χ0) is 15.5. The topological polar surface area (TPSA) is 44.8 Å². The minimum Gasteiger partial charge on any atom is -0.468 e. The lowest BCUT2D eigenvalue weighted by atomic mass is 9.96. The summed E-state index contributed by atoms with van der Waals surface area (Å²) in [5, 5.41) is 3.30. The first-order chi connectivity index (χ1) is 10.00. The molecule has 21 heavy (non-hydrogen) atoms. The molecule has 0 aliphatic carbocycles. The van der Waals surface area contributed by atoms with Gasteiger partial charge in [0.1, 0.15) is 5.54 Å². The van der Waals surface area contributed by atoms with E-state index in [4.69, 9.17) is 4.74 Å². The lowest BCUT2D eigenvalue weighted by Crippen LogP contribution is -2.57. The summed E-state index contributed by atoms with van der Waals surface area (Å²) in [6, 6.07) is 1.30. The average Bonchev–Trinajstić information content (AvgIpc) is 2.91. The molecule has 3 unspecified atom stereocenters. The summed E-state index contributed by atoms with van der Waals surface area (Å²) in [5.74, 6) is -0.156. The van der Waals surface area contributed by atoms with Gasteiger partial charge >= 0.3 is 5.97 Å². The molecule has 0 aromatic heterocycles. The van der Waals surface area contributed by atoms with Crippen molar-refractivity contribution in [3.05, 3.63) is 0 Å². The number of rotatable bonds is 6. The number of piperazine rings is 1. The van der Waals surface area contributed by atoms with Gasteiger partial charge in [0.2, 0.25) is 0 Å². The van der Waals surface area contributed by atoms with Crippen LogP contribution in [0.4, 0.5) is 0 Å². The zero-order valence-electron chi connectivity index (χ0n) is 14.0. The average molecular weight is 297 g/mol. The summed E-state index contributed by atoms with van der Waals surface area (Å²) in [6.45, 7) is 11.6. The van der Waals surface area contributed by atoms with E-state index < -0.39 is 5.54 Å². The van der Waals surface area contributed by atoms with E-state index in [-0.39, 0.29) is 5.97 Å². The van der Waals surface area contributed by atoms with Gasteiger partial charge in [0.25, 0.3) is 0 Å². The second-order valence-electron chi connectivity index (χ2n) is 6.74. The number of methoxy groups -OCH3 is 1. The highest BCUT2D eigenvalue weighted by atomic mass is 16.5. The van der Waals surface area contributed by atoms with E-state index in [1.807, 2.05) is 13.8 Å². The molecule has 0 aromatic carbocycles. The van der Waals surface area contributed by atoms with Gasteiger partial charge in [-0.15, -0.1) is 0 Å². The minimum absolute atomic E-state index is 0.156. The molecule has 5 heteroatoms. The predicted molar refractivity (Wildman–Crippen MR) is 84.3 cm³/mol. The number of esters is 1. The molecule has 2 fully saturated rings. The molecule has 2 rings (SSSR count). The summed E-state index contributed by atoms with van der Waals surface area (Å²) >= 11 is 0. The summed E-state index contributed by atoms with van der Waals surface area (Å²) in [6.07, 6.45) is 3.46. The molecule has 0 aromatic rings. The maximum atomic E-state index is 12.0. The number of hydrogen-bond acceptors (Lipinski definition) is 5. The first-order valence-electron chi connectivity index (χ1n) is 8.31. The van der Waals surface area contributed by atoms with Gasteiger partial charge in [0.15, 0.2) is 0 Å². The number of nitrogens with zero attached hydrogens (tertiary/aromatic N) is 2. The van der Waals surface area contributed by atoms with E-state index >= 15 is 0 Å². The third kappa shape index (κ3) is 3.76. The molecule has 0 bridgehead atoms. The van der Waals surface area contributed by atoms with Crippen molar-refractivity contribution in [1.82, 2.24) is 15.1 Å². The van der Waals surface area contributed by atoms with Crippen LogP contribution in [-0.4, -0.2) is 73.2 Å². The lowest BCUT2D eigenvalue weighted by Gasteiger charge is -2.43. The third-order valence-electron chi connectivity index (χ3n) is 5.17. The molecule has 5 nitrogen and oxygen atoms in total. The first-order valence-corrected chi connectivity index (χ1v) is 8.31. The highest BCUT2D eigenvalue weighted by Crippen LogP contribution is 2.25. The van der Waals surface area contributed by atoms with Crippen molar-refractivity contribution in [2.75, 3.05) is 39.8 Å². The van der Waals surface area contributed by atoms with Crippen molar-refractivity contribution in [3.8, 4) is 0 Å². The fourth-order valence-electron chi connectivity index (χ4n) is 3.80. The molecule has 2 aliphatic rings. The molecule has 2 aliphatic heterocycles. The van der Waals surface area contributed by atoms with Crippen molar-refractivity contribution < 1.29 is 9.53 Å². The largest absolute Gasteiger partial charge is 0.468 e. The highest BCUT2D eigenvalue weighted by molar-refractivity contribution is 5.80. The van der Waals surface area contributed by atoms with Gasteiger partial charge in [-0.3, -0.25) is 14.6 Å². The Morgan fingerprint density at radius 2 is 2.19 bits per heavy atom. The van der Waals surface area contributed by atoms with Crippen LogP contribution in [0.3, 0.4) is 0 Å². The summed E-state index contributed by atoms with van der Waals surface area (Å²) < 4.78 is 4.98. The second-order valence-corrected chi connectivity index (χ2v) is 6.74. The van der Waals surface area contributed by atoms with Gasteiger partial charge in [-0.25, -0.2) is 0 Å². The molecule has 2 saturated heterocycles. The monoisotopic (exact) mass is 297 g/mol. The Morgan fingerprint density at radius 1 is 1.43 bits per heavy atom. The number of ether oxygens (including phenoxy) is 1. The summed E-state index contributed by atoms with van der Waals surface area (Å²) in [4.78, 5) is 17.2. The molecular weight excluding hydrogens is 266 g/mol. The molecule has 122 valence electrons. The maximum Gasteiger partial charge on any atom is 0.325 e. The van der Waals surface area contributed by atoms with Crippen LogP contribution in [0.25, 0.3) is 0 Å². The molecule has 1 N–H and O–H groups in total. The van der Waals surface area contributed by atoms with Crippen molar-refractivity contribution in [2.45, 2.75) is 57.7 Å². The Morgan fingerprint density at radius 3 is 2.86 bits per heavy atom. The molecule has 2 heterocycles. The van der Waals surface area contributed by atoms with Crippen LogP contribution >= 0.6 is 0 Å². The Kier molecular flexibility index (Phi) is 5.63. The standard InChI is InChI=1S/C16H31N3O2/c1-5-17-16(3,15(20)21-4)8-10-18-12-14-7-6-9-19(14)11-13(18)2/h13-14,17H,5-12H2,1-4H3. The summed E-state index contributed by atoms with van der Waals surface area (Å²) in [7, 11) is 1.47. The summed E-state index contributed by atoms with van der Waals surface area (Å²) in [5.41, 5.74) is -0.573. The lowest BCUT2D eigenvalue weighted by molar-refractivity contribution is -0.148. The van der Waals surface area contributed by atoms with Gasteiger partial charge in [-0.05, 0) is 46.2 Å². The van der Waals surface area contributed by atoms with Gasteiger partial charge in [-0.2, -0.15) is 0 Å². The molecule has 3 atom stereocenters. The third-order valence-corrected chi connectivity index (χ3v) is 5.17. The normalized spacial score (nSPS) is 29.9. The SMILES string of the molecule is CCNC(C)(CCN1CC2CCCN2CC1C)C(=O)OC.